The maximum absolute atomic E-state index is 13.6. The van der Waals surface area contributed by atoms with E-state index in [1.54, 1.807) is 13.0 Å². The van der Waals surface area contributed by atoms with Gasteiger partial charge >= 0.3 is 0 Å². The molecule has 0 saturated heterocycles. The lowest BCUT2D eigenvalue weighted by Crippen LogP contribution is -2.33. The minimum atomic E-state index is -0.771. The van der Waals surface area contributed by atoms with Crippen molar-refractivity contribution in [1.82, 2.24) is 5.32 Å². The maximum atomic E-state index is 13.6. The fourth-order valence-electron chi connectivity index (χ4n) is 1.32. The van der Waals surface area contributed by atoms with Crippen molar-refractivity contribution in [2.45, 2.75) is 26.1 Å². The summed E-state index contributed by atoms with van der Waals surface area (Å²) in [5.74, 6) is -0.936. The SMILES string of the molecule is CNC(=O)C(C)Oc1ccc([C@@H](C)O)cc1F. The van der Waals surface area contributed by atoms with E-state index in [0.717, 1.165) is 0 Å². The fourth-order valence-corrected chi connectivity index (χ4v) is 1.32. The molecule has 94 valence electrons. The van der Waals surface area contributed by atoms with Crippen molar-refractivity contribution in [1.29, 1.82) is 0 Å². The zero-order valence-electron chi connectivity index (χ0n) is 10.0. The number of aliphatic hydroxyl groups is 1. The molecule has 4 nitrogen and oxygen atoms in total. The van der Waals surface area contributed by atoms with Crippen molar-refractivity contribution in [3.05, 3.63) is 29.6 Å². The maximum Gasteiger partial charge on any atom is 0.260 e. The Kier molecular flexibility index (Phi) is 4.45. The van der Waals surface area contributed by atoms with Crippen molar-refractivity contribution in [3.8, 4) is 5.75 Å². The van der Waals surface area contributed by atoms with Crippen molar-refractivity contribution < 1.29 is 19.0 Å². The van der Waals surface area contributed by atoms with Gasteiger partial charge in [0.15, 0.2) is 17.7 Å². The van der Waals surface area contributed by atoms with Gasteiger partial charge in [-0.1, -0.05) is 6.07 Å². The number of rotatable bonds is 4. The summed E-state index contributed by atoms with van der Waals surface area (Å²) < 4.78 is 18.7. The average molecular weight is 241 g/mol. The summed E-state index contributed by atoms with van der Waals surface area (Å²) in [5, 5.41) is 11.7. The van der Waals surface area contributed by atoms with Gasteiger partial charge in [-0.2, -0.15) is 0 Å². The molecule has 0 aliphatic carbocycles. The number of carbonyl (C=O) groups excluding carboxylic acids is 1. The van der Waals surface area contributed by atoms with Gasteiger partial charge in [0.1, 0.15) is 0 Å². The van der Waals surface area contributed by atoms with Crippen LogP contribution in [-0.2, 0) is 4.79 Å². The molecule has 0 radical (unpaired) electrons. The third-order valence-electron chi connectivity index (χ3n) is 2.36. The summed E-state index contributed by atoms with van der Waals surface area (Å²) in [4.78, 5) is 11.2. The number of halogens is 1. The van der Waals surface area contributed by atoms with Gasteiger partial charge in [0.05, 0.1) is 6.10 Å². The summed E-state index contributed by atoms with van der Waals surface area (Å²) >= 11 is 0. The smallest absolute Gasteiger partial charge is 0.260 e. The monoisotopic (exact) mass is 241 g/mol. The number of aliphatic hydroxyl groups excluding tert-OH is 1. The van der Waals surface area contributed by atoms with Crippen LogP contribution in [0.15, 0.2) is 18.2 Å². The molecule has 1 unspecified atom stereocenters. The molecular formula is C12H16FNO3. The fraction of sp³-hybridized carbons (Fsp3) is 0.417. The van der Waals surface area contributed by atoms with Crippen LogP contribution in [0.25, 0.3) is 0 Å². The lowest BCUT2D eigenvalue weighted by Gasteiger charge is -2.14. The van der Waals surface area contributed by atoms with Gasteiger partial charge < -0.3 is 15.2 Å². The number of nitrogens with one attached hydrogen (secondary N) is 1. The van der Waals surface area contributed by atoms with Crippen LogP contribution in [0.3, 0.4) is 0 Å². The molecule has 2 N–H and O–H groups in total. The Bertz CT molecular complexity index is 407. The first-order valence-corrected chi connectivity index (χ1v) is 5.31. The van der Waals surface area contributed by atoms with Gasteiger partial charge in [-0.3, -0.25) is 4.79 Å². The van der Waals surface area contributed by atoms with E-state index in [1.807, 2.05) is 0 Å². The van der Waals surface area contributed by atoms with E-state index >= 15 is 0 Å². The van der Waals surface area contributed by atoms with E-state index in [2.05, 4.69) is 5.32 Å². The number of likely N-dealkylation sites (N-methyl/N-ethyl adjacent to an activating group) is 1. The highest BCUT2D eigenvalue weighted by molar-refractivity contribution is 5.80. The minimum absolute atomic E-state index is 0.00880. The van der Waals surface area contributed by atoms with Gasteiger partial charge in [0, 0.05) is 7.05 Å². The first kappa shape index (κ1) is 13.4. The van der Waals surface area contributed by atoms with Crippen LogP contribution in [0.5, 0.6) is 5.75 Å². The molecule has 1 aromatic carbocycles. The highest BCUT2D eigenvalue weighted by Gasteiger charge is 2.15. The predicted octanol–water partition coefficient (Wildman–Crippen LogP) is 1.39. The highest BCUT2D eigenvalue weighted by atomic mass is 19.1. The Balaban J connectivity index is 2.83. The van der Waals surface area contributed by atoms with Crippen LogP contribution in [0.1, 0.15) is 25.5 Å². The van der Waals surface area contributed by atoms with Crippen LogP contribution >= 0.6 is 0 Å². The third-order valence-corrected chi connectivity index (χ3v) is 2.36. The van der Waals surface area contributed by atoms with Crippen molar-refractivity contribution in [3.63, 3.8) is 0 Å². The second-order valence-electron chi connectivity index (χ2n) is 3.74. The second kappa shape index (κ2) is 5.63. The molecule has 0 aromatic heterocycles. The van der Waals surface area contributed by atoms with Crippen molar-refractivity contribution in [2.24, 2.45) is 0 Å². The average Bonchev–Trinajstić information content (AvgIpc) is 2.30. The Labute approximate surface area is 99.4 Å². The highest BCUT2D eigenvalue weighted by Crippen LogP contribution is 2.22. The Morgan fingerprint density at radius 3 is 2.59 bits per heavy atom. The van der Waals surface area contributed by atoms with E-state index in [4.69, 9.17) is 4.74 Å². The molecule has 0 bridgehead atoms. The summed E-state index contributed by atoms with van der Waals surface area (Å²) in [6.45, 7) is 3.07. The Hall–Kier alpha value is -1.62. The molecule has 0 spiro atoms. The van der Waals surface area contributed by atoms with Crippen molar-refractivity contribution >= 4 is 5.91 Å². The summed E-state index contributed by atoms with van der Waals surface area (Å²) in [7, 11) is 1.48. The molecule has 0 fully saturated rings. The van der Waals surface area contributed by atoms with Crippen LogP contribution in [0.2, 0.25) is 0 Å². The topological polar surface area (TPSA) is 58.6 Å². The third kappa shape index (κ3) is 3.42. The first-order valence-electron chi connectivity index (χ1n) is 5.31. The molecule has 0 aliphatic rings. The van der Waals surface area contributed by atoms with E-state index < -0.39 is 18.0 Å². The lowest BCUT2D eigenvalue weighted by atomic mass is 10.1. The number of carbonyl (C=O) groups is 1. The molecule has 0 aliphatic heterocycles. The Morgan fingerprint density at radius 2 is 2.12 bits per heavy atom. The number of hydrogen-bond donors (Lipinski definition) is 2. The van der Waals surface area contributed by atoms with Crippen LogP contribution < -0.4 is 10.1 Å². The molecule has 5 heteroatoms. The molecule has 0 heterocycles. The minimum Gasteiger partial charge on any atom is -0.478 e. The van der Waals surface area contributed by atoms with Gasteiger partial charge in [0.25, 0.3) is 5.91 Å². The number of hydrogen-bond acceptors (Lipinski definition) is 3. The molecule has 2 atom stereocenters. The van der Waals surface area contributed by atoms with E-state index in [9.17, 15) is 14.3 Å². The molecule has 17 heavy (non-hydrogen) atoms. The van der Waals surface area contributed by atoms with Crippen molar-refractivity contribution in [2.75, 3.05) is 7.05 Å². The standard InChI is InChI=1S/C12H16FNO3/c1-7(15)9-4-5-11(10(13)6-9)17-8(2)12(16)14-3/h4-8,15H,1-3H3,(H,14,16)/t7-,8?/m1/s1. The van der Waals surface area contributed by atoms with Crippen LogP contribution in [0.4, 0.5) is 4.39 Å². The summed E-state index contributed by atoms with van der Waals surface area (Å²) in [5.41, 5.74) is 0.461. The number of ether oxygens (including phenoxy) is 1. The predicted molar refractivity (Wildman–Crippen MR) is 61.2 cm³/mol. The van der Waals surface area contributed by atoms with Crippen LogP contribution in [0, 0.1) is 5.82 Å². The molecule has 1 amide bonds. The van der Waals surface area contributed by atoms with E-state index in [0.29, 0.717) is 5.56 Å². The molecular weight excluding hydrogens is 225 g/mol. The van der Waals surface area contributed by atoms with Gasteiger partial charge in [0.2, 0.25) is 0 Å². The normalized spacial score (nSPS) is 13.9. The second-order valence-corrected chi connectivity index (χ2v) is 3.74. The molecule has 1 rings (SSSR count). The van der Waals surface area contributed by atoms with Gasteiger partial charge in [-0.15, -0.1) is 0 Å². The lowest BCUT2D eigenvalue weighted by molar-refractivity contribution is -0.126. The summed E-state index contributed by atoms with van der Waals surface area (Å²) in [6.07, 6.45) is -1.51. The van der Waals surface area contributed by atoms with Crippen LogP contribution in [-0.4, -0.2) is 24.2 Å². The Morgan fingerprint density at radius 1 is 1.47 bits per heavy atom. The van der Waals surface area contributed by atoms with Gasteiger partial charge in [-0.25, -0.2) is 4.39 Å². The molecule has 0 saturated carbocycles. The zero-order valence-corrected chi connectivity index (χ0v) is 10.0. The largest absolute Gasteiger partial charge is 0.478 e. The summed E-state index contributed by atoms with van der Waals surface area (Å²) in [6, 6.07) is 4.15. The zero-order chi connectivity index (χ0) is 13.0. The number of benzene rings is 1. The first-order chi connectivity index (χ1) is 7.95. The quantitative estimate of drug-likeness (QED) is 0.837. The van der Waals surface area contributed by atoms with E-state index in [-0.39, 0.29) is 11.7 Å². The van der Waals surface area contributed by atoms with Gasteiger partial charge in [-0.05, 0) is 31.5 Å². The molecule has 1 aromatic rings. The van der Waals surface area contributed by atoms with E-state index in [1.165, 1.54) is 26.1 Å². The number of amides is 1.